The van der Waals surface area contributed by atoms with Gasteiger partial charge in [0.2, 0.25) is 0 Å². The van der Waals surface area contributed by atoms with Crippen LogP contribution in [0.1, 0.15) is 17.5 Å². The van der Waals surface area contributed by atoms with Gasteiger partial charge in [0, 0.05) is 0 Å². The summed E-state index contributed by atoms with van der Waals surface area (Å²) in [5.41, 5.74) is 1.58. The van der Waals surface area contributed by atoms with Crippen LogP contribution in [0.4, 0.5) is 4.39 Å². The van der Waals surface area contributed by atoms with E-state index in [4.69, 9.17) is 0 Å². The van der Waals surface area contributed by atoms with Crippen LogP contribution >= 0.6 is 11.3 Å². The van der Waals surface area contributed by atoms with E-state index in [-0.39, 0.29) is 5.82 Å². The Kier molecular flexibility index (Phi) is 2.04. The van der Waals surface area contributed by atoms with E-state index in [1.165, 1.54) is 0 Å². The van der Waals surface area contributed by atoms with Crippen molar-refractivity contribution in [2.45, 2.75) is 20.3 Å². The van der Waals surface area contributed by atoms with Gasteiger partial charge in [-0.05, 0) is 31.0 Å². The van der Waals surface area contributed by atoms with E-state index in [0.29, 0.717) is 5.56 Å². The van der Waals surface area contributed by atoms with Gasteiger partial charge in [0.25, 0.3) is 0 Å². The summed E-state index contributed by atoms with van der Waals surface area (Å²) in [6.45, 7) is 3.82. The summed E-state index contributed by atoms with van der Waals surface area (Å²) in [5.74, 6) is -0.140. The van der Waals surface area contributed by atoms with Crippen LogP contribution in [0.2, 0.25) is 0 Å². The van der Waals surface area contributed by atoms with Gasteiger partial charge in [0.15, 0.2) is 0 Å². The second-order valence-electron chi connectivity index (χ2n) is 3.03. The molecule has 0 aliphatic rings. The monoisotopic (exact) mass is 195 g/mol. The van der Waals surface area contributed by atoms with Crippen LogP contribution in [0, 0.1) is 12.7 Å². The number of fused-ring (bicyclic) bond motifs is 1. The highest BCUT2D eigenvalue weighted by Gasteiger charge is 2.05. The maximum absolute atomic E-state index is 13.1. The van der Waals surface area contributed by atoms with Gasteiger partial charge in [-0.25, -0.2) is 9.37 Å². The molecule has 1 nitrogen and oxygen atoms in total. The highest BCUT2D eigenvalue weighted by atomic mass is 32.1. The second kappa shape index (κ2) is 3.07. The summed E-state index contributed by atoms with van der Waals surface area (Å²) < 4.78 is 14.1. The van der Waals surface area contributed by atoms with Gasteiger partial charge < -0.3 is 0 Å². The standard InChI is InChI=1S/C10H10FNS/c1-3-10-12-8-4-6(2)7(11)5-9(8)13-10/h4-5H,3H2,1-2H3. The predicted molar refractivity (Wildman–Crippen MR) is 53.7 cm³/mol. The van der Waals surface area contributed by atoms with Crippen molar-refractivity contribution < 1.29 is 4.39 Å². The summed E-state index contributed by atoms with van der Waals surface area (Å²) in [7, 11) is 0. The first kappa shape index (κ1) is 8.63. The van der Waals surface area contributed by atoms with Crippen molar-refractivity contribution in [2.24, 2.45) is 0 Å². The Morgan fingerprint density at radius 3 is 2.92 bits per heavy atom. The topological polar surface area (TPSA) is 12.9 Å². The zero-order chi connectivity index (χ0) is 9.42. The Hall–Kier alpha value is -0.960. The molecule has 0 atom stereocenters. The fourth-order valence-electron chi connectivity index (χ4n) is 1.25. The van der Waals surface area contributed by atoms with E-state index in [1.807, 2.05) is 0 Å². The molecule has 0 radical (unpaired) electrons. The molecule has 3 heteroatoms. The average Bonchev–Trinajstić information content (AvgIpc) is 2.48. The second-order valence-corrected chi connectivity index (χ2v) is 4.15. The number of halogens is 1. The third-order valence-electron chi connectivity index (χ3n) is 2.02. The Bertz CT molecular complexity index is 408. The SMILES string of the molecule is CCc1nc2cc(C)c(F)cc2s1. The first-order valence-electron chi connectivity index (χ1n) is 4.26. The van der Waals surface area contributed by atoms with E-state index in [0.717, 1.165) is 21.6 Å². The molecule has 2 rings (SSSR count). The molecule has 13 heavy (non-hydrogen) atoms. The van der Waals surface area contributed by atoms with E-state index in [2.05, 4.69) is 11.9 Å². The highest BCUT2D eigenvalue weighted by molar-refractivity contribution is 7.18. The fraction of sp³-hybridized carbons (Fsp3) is 0.300. The quantitative estimate of drug-likeness (QED) is 0.680. The summed E-state index contributed by atoms with van der Waals surface area (Å²) in [6.07, 6.45) is 0.917. The third-order valence-corrected chi connectivity index (χ3v) is 3.18. The van der Waals surface area contributed by atoms with Crippen molar-refractivity contribution in [1.82, 2.24) is 4.98 Å². The van der Waals surface area contributed by atoms with Gasteiger partial charge in [0.1, 0.15) is 5.82 Å². The average molecular weight is 195 g/mol. The molecule has 0 fully saturated rings. The molecule has 0 N–H and O–H groups in total. The molecule has 0 bridgehead atoms. The van der Waals surface area contributed by atoms with Crippen LogP contribution in [0.3, 0.4) is 0 Å². The molecular weight excluding hydrogens is 185 g/mol. The lowest BCUT2D eigenvalue weighted by Gasteiger charge is -1.93. The lowest BCUT2D eigenvalue weighted by molar-refractivity contribution is 0.620. The van der Waals surface area contributed by atoms with Crippen molar-refractivity contribution in [3.05, 3.63) is 28.5 Å². The van der Waals surface area contributed by atoms with Crippen molar-refractivity contribution in [3.8, 4) is 0 Å². The molecule has 2 aromatic rings. The highest BCUT2D eigenvalue weighted by Crippen LogP contribution is 2.24. The van der Waals surface area contributed by atoms with Crippen molar-refractivity contribution >= 4 is 21.6 Å². The maximum atomic E-state index is 13.1. The fourth-order valence-corrected chi connectivity index (χ4v) is 2.17. The number of thiazole rings is 1. The number of hydrogen-bond donors (Lipinski definition) is 0. The van der Waals surface area contributed by atoms with Crippen LogP contribution in [0.25, 0.3) is 10.2 Å². The van der Waals surface area contributed by atoms with E-state index in [1.54, 1.807) is 30.4 Å². The van der Waals surface area contributed by atoms with Gasteiger partial charge in [-0.15, -0.1) is 11.3 Å². The lowest BCUT2D eigenvalue weighted by atomic mass is 10.2. The van der Waals surface area contributed by atoms with E-state index < -0.39 is 0 Å². The maximum Gasteiger partial charge on any atom is 0.127 e. The minimum absolute atomic E-state index is 0.140. The number of benzene rings is 1. The molecule has 1 aromatic heterocycles. The molecule has 0 saturated heterocycles. The first-order valence-corrected chi connectivity index (χ1v) is 5.08. The third kappa shape index (κ3) is 1.44. The molecule has 0 saturated carbocycles. The number of rotatable bonds is 1. The van der Waals surface area contributed by atoms with Gasteiger partial charge in [0.05, 0.1) is 15.2 Å². The first-order chi connectivity index (χ1) is 6.20. The van der Waals surface area contributed by atoms with Crippen LogP contribution in [0.5, 0.6) is 0 Å². The molecule has 0 aliphatic carbocycles. The summed E-state index contributed by atoms with van der Waals surface area (Å²) in [5, 5.41) is 1.07. The minimum Gasteiger partial charge on any atom is -0.241 e. The summed E-state index contributed by atoms with van der Waals surface area (Å²) in [4.78, 5) is 4.38. The Balaban J connectivity index is 2.70. The molecule has 0 spiro atoms. The van der Waals surface area contributed by atoms with Crippen LogP contribution < -0.4 is 0 Å². The normalized spacial score (nSPS) is 11.0. The van der Waals surface area contributed by atoms with Crippen LogP contribution in [-0.4, -0.2) is 4.98 Å². The molecule has 0 aliphatic heterocycles. The van der Waals surface area contributed by atoms with Crippen molar-refractivity contribution in [3.63, 3.8) is 0 Å². The van der Waals surface area contributed by atoms with Gasteiger partial charge in [-0.3, -0.25) is 0 Å². The lowest BCUT2D eigenvalue weighted by Crippen LogP contribution is -1.80. The van der Waals surface area contributed by atoms with Crippen molar-refractivity contribution in [2.75, 3.05) is 0 Å². The molecule has 68 valence electrons. The van der Waals surface area contributed by atoms with Gasteiger partial charge in [-0.1, -0.05) is 6.92 Å². The van der Waals surface area contributed by atoms with Crippen LogP contribution in [0.15, 0.2) is 12.1 Å². The van der Waals surface area contributed by atoms with Crippen molar-refractivity contribution in [1.29, 1.82) is 0 Å². The van der Waals surface area contributed by atoms with Gasteiger partial charge >= 0.3 is 0 Å². The van der Waals surface area contributed by atoms with Gasteiger partial charge in [-0.2, -0.15) is 0 Å². The zero-order valence-electron chi connectivity index (χ0n) is 7.60. The largest absolute Gasteiger partial charge is 0.241 e. The van der Waals surface area contributed by atoms with E-state index in [9.17, 15) is 4.39 Å². The smallest absolute Gasteiger partial charge is 0.127 e. The number of aromatic nitrogens is 1. The summed E-state index contributed by atoms with van der Waals surface area (Å²) >= 11 is 1.57. The van der Waals surface area contributed by atoms with E-state index >= 15 is 0 Å². The number of nitrogens with zero attached hydrogens (tertiary/aromatic N) is 1. The molecule has 0 amide bonds. The number of aryl methyl sites for hydroxylation is 2. The molecule has 0 unspecified atom stereocenters. The Labute approximate surface area is 80.2 Å². The van der Waals surface area contributed by atoms with Crippen LogP contribution in [-0.2, 0) is 6.42 Å². The minimum atomic E-state index is -0.140. The molecular formula is C10H10FNS. The Morgan fingerprint density at radius 2 is 2.23 bits per heavy atom. The molecule has 1 aromatic carbocycles. The Morgan fingerprint density at radius 1 is 1.46 bits per heavy atom. The predicted octanol–water partition coefficient (Wildman–Crippen LogP) is 3.31. The zero-order valence-corrected chi connectivity index (χ0v) is 8.41. The number of hydrogen-bond acceptors (Lipinski definition) is 2. The molecule has 1 heterocycles. The summed E-state index contributed by atoms with van der Waals surface area (Å²) in [6, 6.07) is 3.38.